The van der Waals surface area contributed by atoms with Crippen molar-refractivity contribution in [3.8, 4) is 0 Å². The van der Waals surface area contributed by atoms with E-state index in [4.69, 9.17) is 5.41 Å². The molecule has 1 nitrogen and oxygen atoms in total. The standard InChI is InChI=1S/C21H29NS.C9H12.2C2H6/c1-3-4-5-9-12-21(22)17(2)18-13-15-20(16-14-18)23-19-10-7-6-8-11-19;1-4-7-8-9(5-2)6-3;2*1-2/h7,10-11,13,15,22H,2-6,8-9,12,14,16H2,1H3;4-8H,1-2H2,3H3;2*1-2H3/b;8-7-,9-6-;;. The van der Waals surface area contributed by atoms with Crippen LogP contribution in [0.3, 0.4) is 0 Å². The average Bonchev–Trinajstić information content (AvgIpc) is 2.95. The highest BCUT2D eigenvalue weighted by Gasteiger charge is 2.13. The minimum atomic E-state index is 0.731. The Hall–Kier alpha value is -2.32. The summed E-state index contributed by atoms with van der Waals surface area (Å²) in [6, 6.07) is 0. The smallest absolute Gasteiger partial charge is 0.0383 e. The molecule has 0 aromatic heterocycles. The molecule has 200 valence electrons. The Balaban J connectivity index is 0. The largest absolute Gasteiger partial charge is 0.305 e. The molecule has 36 heavy (non-hydrogen) atoms. The Morgan fingerprint density at radius 1 is 1.03 bits per heavy atom. The molecular formula is C34H53NS. The second kappa shape index (κ2) is 25.8. The number of nitrogens with one attached hydrogen (secondary N) is 1. The molecule has 0 atom stereocenters. The van der Waals surface area contributed by atoms with E-state index in [-0.39, 0.29) is 0 Å². The van der Waals surface area contributed by atoms with Gasteiger partial charge >= 0.3 is 0 Å². The third-order valence-corrected chi connectivity index (χ3v) is 6.49. The van der Waals surface area contributed by atoms with Crippen molar-refractivity contribution in [3.63, 3.8) is 0 Å². The van der Waals surface area contributed by atoms with E-state index in [1.807, 2.05) is 64.6 Å². The molecule has 0 amide bonds. The van der Waals surface area contributed by atoms with E-state index in [0.717, 1.165) is 42.5 Å². The molecule has 2 heteroatoms. The van der Waals surface area contributed by atoms with Gasteiger partial charge in [-0.25, -0.2) is 0 Å². The number of thioether (sulfide) groups is 1. The summed E-state index contributed by atoms with van der Waals surface area (Å²) in [4.78, 5) is 2.80. The third kappa shape index (κ3) is 17.2. The topological polar surface area (TPSA) is 23.9 Å². The first-order valence-corrected chi connectivity index (χ1v) is 14.7. The van der Waals surface area contributed by atoms with Crippen molar-refractivity contribution in [2.75, 3.05) is 0 Å². The zero-order valence-electron chi connectivity index (χ0n) is 24.2. The lowest BCUT2D eigenvalue weighted by atomic mass is 9.93. The van der Waals surface area contributed by atoms with Crippen LogP contribution in [0.4, 0.5) is 0 Å². The Morgan fingerprint density at radius 2 is 1.75 bits per heavy atom. The van der Waals surface area contributed by atoms with Crippen molar-refractivity contribution >= 4 is 17.5 Å². The Kier molecular flexibility index (Phi) is 25.6. The molecule has 0 saturated carbocycles. The lowest BCUT2D eigenvalue weighted by molar-refractivity contribution is 0.682. The van der Waals surface area contributed by atoms with Crippen LogP contribution in [0, 0.1) is 5.41 Å². The average molecular weight is 508 g/mol. The number of hydrogen-bond acceptors (Lipinski definition) is 2. The number of allylic oxidation sites excluding steroid dienone is 14. The third-order valence-electron chi connectivity index (χ3n) is 5.35. The summed E-state index contributed by atoms with van der Waals surface area (Å²) in [5.41, 5.74) is 4.06. The SMILES string of the molecule is C=C(C(=N)CCCCCC)C1=CC=C(SC2=CCCC=C2)CC1.C=C/C=C\C(C=C)=C/C.CC.CC. The van der Waals surface area contributed by atoms with Crippen molar-refractivity contribution in [2.24, 2.45) is 0 Å². The summed E-state index contributed by atoms with van der Waals surface area (Å²) in [6.07, 6.45) is 30.8. The number of rotatable bonds is 12. The van der Waals surface area contributed by atoms with Gasteiger partial charge in [-0.3, -0.25) is 0 Å². The van der Waals surface area contributed by atoms with Crippen molar-refractivity contribution in [1.29, 1.82) is 5.41 Å². The van der Waals surface area contributed by atoms with E-state index in [1.165, 1.54) is 47.5 Å². The maximum atomic E-state index is 8.24. The lowest BCUT2D eigenvalue weighted by Crippen LogP contribution is -2.05. The van der Waals surface area contributed by atoms with Gasteiger partial charge in [0, 0.05) is 10.6 Å². The van der Waals surface area contributed by atoms with Crippen LogP contribution < -0.4 is 0 Å². The summed E-state index contributed by atoms with van der Waals surface area (Å²) in [6.45, 7) is 23.5. The van der Waals surface area contributed by atoms with Crippen LogP contribution >= 0.6 is 11.8 Å². The van der Waals surface area contributed by atoms with Crippen LogP contribution in [-0.4, -0.2) is 5.71 Å². The molecule has 0 aromatic carbocycles. The van der Waals surface area contributed by atoms with Gasteiger partial charge in [0.05, 0.1) is 0 Å². The monoisotopic (exact) mass is 507 g/mol. The molecule has 0 radical (unpaired) electrons. The van der Waals surface area contributed by atoms with Gasteiger partial charge in [0.25, 0.3) is 0 Å². The normalized spacial score (nSPS) is 14.4. The van der Waals surface area contributed by atoms with Gasteiger partial charge in [0.15, 0.2) is 0 Å². The molecule has 1 N–H and O–H groups in total. The Labute approximate surface area is 228 Å². The Morgan fingerprint density at radius 3 is 2.25 bits per heavy atom. The minimum Gasteiger partial charge on any atom is -0.305 e. The molecule has 0 fully saturated rings. The number of hydrogen-bond donors (Lipinski definition) is 1. The highest BCUT2D eigenvalue weighted by atomic mass is 32.2. The Bertz CT molecular complexity index is 827. The zero-order chi connectivity index (χ0) is 27.6. The molecule has 0 saturated heterocycles. The second-order valence-electron chi connectivity index (χ2n) is 7.87. The van der Waals surface area contributed by atoms with Gasteiger partial charge in [-0.2, -0.15) is 0 Å². The van der Waals surface area contributed by atoms with Crippen LogP contribution in [0.25, 0.3) is 0 Å². The quantitative estimate of drug-likeness (QED) is 0.158. The summed E-state index contributed by atoms with van der Waals surface area (Å²) in [7, 11) is 0. The first kappa shape index (κ1) is 35.8. The molecule has 0 spiro atoms. The molecule has 0 bridgehead atoms. The van der Waals surface area contributed by atoms with Gasteiger partial charge in [-0.1, -0.05) is 146 Å². The van der Waals surface area contributed by atoms with Crippen LogP contribution in [0.2, 0.25) is 0 Å². The zero-order valence-corrected chi connectivity index (χ0v) is 25.0. The highest BCUT2D eigenvalue weighted by Crippen LogP contribution is 2.36. The molecule has 0 aromatic rings. The second-order valence-corrected chi connectivity index (χ2v) is 9.07. The fraction of sp³-hybridized carbons (Fsp3) is 0.441. The van der Waals surface area contributed by atoms with Crippen LogP contribution in [0.5, 0.6) is 0 Å². The van der Waals surface area contributed by atoms with Crippen molar-refractivity contribution in [1.82, 2.24) is 0 Å². The highest BCUT2D eigenvalue weighted by molar-refractivity contribution is 8.06. The fourth-order valence-electron chi connectivity index (χ4n) is 3.31. The van der Waals surface area contributed by atoms with Gasteiger partial charge in [-0.05, 0) is 67.1 Å². The molecule has 2 aliphatic rings. The van der Waals surface area contributed by atoms with Crippen molar-refractivity contribution in [2.45, 2.75) is 99.3 Å². The van der Waals surface area contributed by atoms with Gasteiger partial charge < -0.3 is 5.41 Å². The van der Waals surface area contributed by atoms with Crippen LogP contribution in [0.15, 0.2) is 107 Å². The molecule has 2 aliphatic carbocycles. The van der Waals surface area contributed by atoms with E-state index in [9.17, 15) is 0 Å². The fourth-order valence-corrected chi connectivity index (χ4v) is 4.31. The van der Waals surface area contributed by atoms with Gasteiger partial charge in [0.1, 0.15) is 0 Å². The number of unbranched alkanes of at least 4 members (excludes halogenated alkanes) is 3. The van der Waals surface area contributed by atoms with Gasteiger partial charge in [-0.15, -0.1) is 0 Å². The van der Waals surface area contributed by atoms with E-state index in [0.29, 0.717) is 0 Å². The van der Waals surface area contributed by atoms with Crippen LogP contribution in [0.1, 0.15) is 99.3 Å². The summed E-state index contributed by atoms with van der Waals surface area (Å²) in [5.74, 6) is 0. The van der Waals surface area contributed by atoms with E-state index in [1.54, 1.807) is 12.2 Å². The predicted molar refractivity (Wildman–Crippen MR) is 171 cm³/mol. The molecule has 2 rings (SSSR count). The van der Waals surface area contributed by atoms with E-state index in [2.05, 4.69) is 57.0 Å². The molecule has 0 heterocycles. The summed E-state index contributed by atoms with van der Waals surface area (Å²) < 4.78 is 0. The lowest BCUT2D eigenvalue weighted by Gasteiger charge is -2.18. The maximum Gasteiger partial charge on any atom is 0.0383 e. The van der Waals surface area contributed by atoms with Gasteiger partial charge in [0.2, 0.25) is 0 Å². The maximum absolute atomic E-state index is 8.24. The first-order valence-electron chi connectivity index (χ1n) is 13.8. The molecule has 0 unspecified atom stereocenters. The van der Waals surface area contributed by atoms with E-state index >= 15 is 0 Å². The first-order chi connectivity index (χ1) is 17.5. The summed E-state index contributed by atoms with van der Waals surface area (Å²) in [5, 5.41) is 8.24. The van der Waals surface area contributed by atoms with E-state index < -0.39 is 0 Å². The minimum absolute atomic E-state index is 0.731. The van der Waals surface area contributed by atoms with Crippen molar-refractivity contribution < 1.29 is 0 Å². The van der Waals surface area contributed by atoms with Crippen molar-refractivity contribution in [3.05, 3.63) is 107 Å². The molecule has 0 aliphatic heterocycles. The summed E-state index contributed by atoms with van der Waals surface area (Å²) >= 11 is 1.89. The molecular weight excluding hydrogens is 454 g/mol. The van der Waals surface area contributed by atoms with Crippen LogP contribution in [-0.2, 0) is 0 Å². The predicted octanol–water partition coefficient (Wildman–Crippen LogP) is 12.0.